The number of likely N-dealkylation sites (N-methyl/N-ethyl adjacent to an activating group) is 1. The van der Waals surface area contributed by atoms with Crippen molar-refractivity contribution in [1.29, 1.82) is 0 Å². The van der Waals surface area contributed by atoms with Crippen molar-refractivity contribution in [2.24, 2.45) is 17.8 Å². The van der Waals surface area contributed by atoms with Crippen LogP contribution in [0.25, 0.3) is 0 Å². The molecule has 2 fully saturated rings. The van der Waals surface area contributed by atoms with E-state index in [4.69, 9.17) is 5.11 Å². The van der Waals surface area contributed by atoms with E-state index in [1.807, 2.05) is 25.9 Å². The van der Waals surface area contributed by atoms with E-state index < -0.39 is 11.9 Å². The third kappa shape index (κ3) is 2.75. The van der Waals surface area contributed by atoms with Crippen molar-refractivity contribution in [1.82, 2.24) is 14.7 Å². The summed E-state index contributed by atoms with van der Waals surface area (Å²) in [5.41, 5.74) is 0. The average molecular weight is 283 g/mol. The van der Waals surface area contributed by atoms with Crippen LogP contribution >= 0.6 is 0 Å². The SMILES string of the molecule is CC1CN(C(=O)N2C[C@@H](C)[C@H](C(=O)O)C2)CC1N(C)C. The molecule has 2 amide bonds. The van der Waals surface area contributed by atoms with Crippen molar-refractivity contribution in [3.63, 3.8) is 0 Å². The first-order valence-electron chi connectivity index (χ1n) is 7.24. The lowest BCUT2D eigenvalue weighted by Gasteiger charge is -2.25. The average Bonchev–Trinajstić information content (AvgIpc) is 2.91. The first kappa shape index (κ1) is 15.1. The number of hydrogen-bond acceptors (Lipinski definition) is 3. The Balaban J connectivity index is 1.98. The molecule has 0 aromatic carbocycles. The first-order chi connectivity index (χ1) is 9.31. The van der Waals surface area contributed by atoms with Crippen LogP contribution in [0.2, 0.25) is 0 Å². The van der Waals surface area contributed by atoms with Crippen molar-refractivity contribution < 1.29 is 14.7 Å². The number of carboxylic acids is 1. The molecule has 0 aliphatic carbocycles. The molecule has 2 aliphatic heterocycles. The molecule has 0 bridgehead atoms. The Morgan fingerprint density at radius 3 is 2.00 bits per heavy atom. The summed E-state index contributed by atoms with van der Waals surface area (Å²) in [7, 11) is 4.07. The summed E-state index contributed by atoms with van der Waals surface area (Å²) in [6, 6.07) is 0.381. The zero-order valence-corrected chi connectivity index (χ0v) is 12.7. The van der Waals surface area contributed by atoms with Crippen LogP contribution in [0.5, 0.6) is 0 Å². The molecule has 2 heterocycles. The van der Waals surface area contributed by atoms with Gasteiger partial charge in [-0.25, -0.2) is 4.79 Å². The number of amides is 2. The molecule has 0 saturated carbocycles. The molecule has 0 radical (unpaired) electrons. The number of carbonyl (C=O) groups is 2. The minimum atomic E-state index is -0.797. The normalized spacial score (nSPS) is 34.0. The van der Waals surface area contributed by atoms with E-state index in [9.17, 15) is 9.59 Å². The number of likely N-dealkylation sites (tertiary alicyclic amines) is 2. The number of urea groups is 1. The van der Waals surface area contributed by atoms with E-state index in [1.165, 1.54) is 0 Å². The van der Waals surface area contributed by atoms with E-state index in [1.54, 1.807) is 4.90 Å². The van der Waals surface area contributed by atoms with Crippen LogP contribution < -0.4 is 0 Å². The Morgan fingerprint density at radius 1 is 1.00 bits per heavy atom. The Morgan fingerprint density at radius 2 is 1.55 bits per heavy atom. The summed E-state index contributed by atoms with van der Waals surface area (Å²) in [6.07, 6.45) is 0. The third-order valence-electron chi connectivity index (χ3n) is 4.71. The largest absolute Gasteiger partial charge is 0.481 e. The predicted octanol–water partition coefficient (Wildman–Crippen LogP) is 0.641. The molecular formula is C14H25N3O3. The van der Waals surface area contributed by atoms with Gasteiger partial charge in [0, 0.05) is 32.2 Å². The second-order valence-electron chi connectivity index (χ2n) is 6.52. The summed E-state index contributed by atoms with van der Waals surface area (Å²) in [5.74, 6) is -0.747. The second kappa shape index (κ2) is 5.60. The molecule has 0 spiro atoms. The zero-order chi connectivity index (χ0) is 15.0. The Bertz CT molecular complexity index is 399. The number of carbonyl (C=O) groups excluding carboxylic acids is 1. The molecule has 2 aliphatic rings. The van der Waals surface area contributed by atoms with Crippen molar-refractivity contribution >= 4 is 12.0 Å². The van der Waals surface area contributed by atoms with Gasteiger partial charge < -0.3 is 19.8 Å². The monoisotopic (exact) mass is 283 g/mol. The molecule has 2 saturated heterocycles. The van der Waals surface area contributed by atoms with Gasteiger partial charge in [-0.05, 0) is 25.9 Å². The minimum absolute atomic E-state index is 0.00296. The topological polar surface area (TPSA) is 64.1 Å². The fraction of sp³-hybridized carbons (Fsp3) is 0.857. The van der Waals surface area contributed by atoms with Crippen LogP contribution in [-0.2, 0) is 4.79 Å². The van der Waals surface area contributed by atoms with E-state index in [2.05, 4.69) is 11.8 Å². The van der Waals surface area contributed by atoms with Gasteiger partial charge >= 0.3 is 12.0 Å². The highest BCUT2D eigenvalue weighted by Gasteiger charge is 2.41. The third-order valence-corrected chi connectivity index (χ3v) is 4.71. The smallest absolute Gasteiger partial charge is 0.320 e. The van der Waals surface area contributed by atoms with Crippen LogP contribution in [-0.4, -0.2) is 78.1 Å². The molecule has 6 nitrogen and oxygen atoms in total. The Labute approximate surface area is 120 Å². The fourth-order valence-corrected chi connectivity index (χ4v) is 3.42. The quantitative estimate of drug-likeness (QED) is 0.808. The molecule has 0 aromatic rings. The minimum Gasteiger partial charge on any atom is -0.481 e. The maximum Gasteiger partial charge on any atom is 0.320 e. The van der Waals surface area contributed by atoms with Gasteiger partial charge in [0.25, 0.3) is 0 Å². The van der Waals surface area contributed by atoms with Gasteiger partial charge in [0.15, 0.2) is 0 Å². The van der Waals surface area contributed by atoms with Crippen molar-refractivity contribution in [3.05, 3.63) is 0 Å². The lowest BCUT2D eigenvalue weighted by molar-refractivity contribution is -0.142. The highest BCUT2D eigenvalue weighted by Crippen LogP contribution is 2.27. The van der Waals surface area contributed by atoms with Crippen LogP contribution in [0.15, 0.2) is 0 Å². The predicted molar refractivity (Wildman–Crippen MR) is 75.5 cm³/mol. The lowest BCUT2D eigenvalue weighted by Crippen LogP contribution is -2.42. The van der Waals surface area contributed by atoms with Crippen molar-refractivity contribution in [3.8, 4) is 0 Å². The maximum absolute atomic E-state index is 12.5. The number of aliphatic carboxylic acids is 1. The number of carboxylic acid groups (broad SMARTS) is 1. The van der Waals surface area contributed by atoms with Crippen LogP contribution in [0, 0.1) is 17.8 Å². The molecule has 20 heavy (non-hydrogen) atoms. The first-order valence-corrected chi connectivity index (χ1v) is 7.24. The molecule has 2 rings (SSSR count). The van der Waals surface area contributed by atoms with Crippen LogP contribution in [0.3, 0.4) is 0 Å². The van der Waals surface area contributed by atoms with Crippen molar-refractivity contribution in [2.75, 3.05) is 40.3 Å². The van der Waals surface area contributed by atoms with Gasteiger partial charge in [0.1, 0.15) is 0 Å². The van der Waals surface area contributed by atoms with Crippen LogP contribution in [0.4, 0.5) is 4.79 Å². The Kier molecular flexibility index (Phi) is 4.22. The van der Waals surface area contributed by atoms with E-state index in [0.29, 0.717) is 25.0 Å². The summed E-state index contributed by atoms with van der Waals surface area (Å²) < 4.78 is 0. The van der Waals surface area contributed by atoms with E-state index in [0.717, 1.165) is 13.1 Å². The van der Waals surface area contributed by atoms with Gasteiger partial charge in [0.2, 0.25) is 0 Å². The molecule has 0 aromatic heterocycles. The summed E-state index contributed by atoms with van der Waals surface area (Å²) in [5, 5.41) is 9.15. The zero-order valence-electron chi connectivity index (χ0n) is 12.7. The number of rotatable bonds is 2. The standard InChI is InChI=1S/C14H25N3O3/c1-9-5-16(7-11(9)13(18)19)14(20)17-6-10(2)12(8-17)15(3)4/h9-12H,5-8H2,1-4H3,(H,18,19)/t9-,10?,11-,12?/m1/s1. The van der Waals surface area contributed by atoms with Crippen molar-refractivity contribution in [2.45, 2.75) is 19.9 Å². The van der Waals surface area contributed by atoms with Gasteiger partial charge in [-0.15, -0.1) is 0 Å². The highest BCUT2D eigenvalue weighted by molar-refractivity contribution is 5.78. The molecule has 1 N–H and O–H groups in total. The van der Waals surface area contributed by atoms with Gasteiger partial charge in [0.05, 0.1) is 5.92 Å². The molecule has 4 atom stereocenters. The van der Waals surface area contributed by atoms with Gasteiger partial charge in [-0.1, -0.05) is 13.8 Å². The molecule has 6 heteroatoms. The molecular weight excluding hydrogens is 258 g/mol. The fourth-order valence-electron chi connectivity index (χ4n) is 3.42. The van der Waals surface area contributed by atoms with E-state index in [-0.39, 0.29) is 11.9 Å². The summed E-state index contributed by atoms with van der Waals surface area (Å²) >= 11 is 0. The Hall–Kier alpha value is -1.30. The van der Waals surface area contributed by atoms with Crippen LogP contribution in [0.1, 0.15) is 13.8 Å². The number of hydrogen-bond donors (Lipinski definition) is 1. The maximum atomic E-state index is 12.5. The molecule has 2 unspecified atom stereocenters. The number of nitrogens with zero attached hydrogens (tertiary/aromatic N) is 3. The lowest BCUT2D eigenvalue weighted by atomic mass is 9.99. The summed E-state index contributed by atoms with van der Waals surface area (Å²) in [6.45, 7) is 6.44. The highest BCUT2D eigenvalue weighted by atomic mass is 16.4. The van der Waals surface area contributed by atoms with Gasteiger partial charge in [-0.2, -0.15) is 0 Å². The molecule has 114 valence electrons. The summed E-state index contributed by atoms with van der Waals surface area (Å²) in [4.78, 5) is 29.4. The second-order valence-corrected chi connectivity index (χ2v) is 6.52. The van der Waals surface area contributed by atoms with Gasteiger partial charge in [-0.3, -0.25) is 4.79 Å². The van der Waals surface area contributed by atoms with E-state index >= 15 is 0 Å².